The standard InChI is InChI=1S/C31H37FN2O6/c1-22(25-12-14-26(32)15-13-25)39-30(36)34(18-17-33-29(35)40-31(2,3)4)20-24-11-16-27(28(19-24)37-5)38-21-23-9-7-6-8-10-23/h6-16,19,22H,17-18,20-21H2,1-5H3,(H,33,35). The molecule has 0 saturated carbocycles. The van der Waals surface area contributed by atoms with Crippen LogP contribution >= 0.6 is 0 Å². The Labute approximate surface area is 235 Å². The molecular weight excluding hydrogens is 515 g/mol. The largest absolute Gasteiger partial charge is 0.493 e. The highest BCUT2D eigenvalue weighted by molar-refractivity contribution is 5.69. The van der Waals surface area contributed by atoms with E-state index < -0.39 is 23.9 Å². The quantitative estimate of drug-likeness (QED) is 0.287. The molecule has 3 aromatic rings. The number of carbonyl (C=O) groups is 2. The Balaban J connectivity index is 1.71. The lowest BCUT2D eigenvalue weighted by atomic mass is 10.1. The van der Waals surface area contributed by atoms with Crippen molar-refractivity contribution in [3.05, 3.63) is 95.3 Å². The molecule has 3 rings (SSSR count). The normalized spacial score (nSPS) is 11.8. The van der Waals surface area contributed by atoms with E-state index in [1.807, 2.05) is 36.4 Å². The smallest absolute Gasteiger partial charge is 0.410 e. The number of alkyl carbamates (subject to hydrolysis) is 1. The number of carbonyl (C=O) groups excluding carboxylic acids is 2. The van der Waals surface area contributed by atoms with Crippen LogP contribution in [-0.4, -0.2) is 42.9 Å². The topological polar surface area (TPSA) is 86.3 Å². The fourth-order valence-corrected chi connectivity index (χ4v) is 3.75. The molecule has 0 aliphatic carbocycles. The summed E-state index contributed by atoms with van der Waals surface area (Å²) in [5.74, 6) is 0.719. The van der Waals surface area contributed by atoms with Gasteiger partial charge in [0.1, 0.15) is 24.1 Å². The summed E-state index contributed by atoms with van der Waals surface area (Å²) in [4.78, 5) is 26.8. The maximum atomic E-state index is 13.3. The summed E-state index contributed by atoms with van der Waals surface area (Å²) < 4.78 is 35.8. The monoisotopic (exact) mass is 552 g/mol. The summed E-state index contributed by atoms with van der Waals surface area (Å²) >= 11 is 0. The molecule has 1 atom stereocenters. The van der Waals surface area contributed by atoms with Gasteiger partial charge in [0.25, 0.3) is 0 Å². The number of rotatable bonds is 11. The first-order valence-electron chi connectivity index (χ1n) is 13.1. The number of methoxy groups -OCH3 is 1. The van der Waals surface area contributed by atoms with Gasteiger partial charge in [-0.05, 0) is 68.7 Å². The van der Waals surface area contributed by atoms with Crippen LogP contribution in [0.2, 0.25) is 0 Å². The lowest BCUT2D eigenvalue weighted by Crippen LogP contribution is -2.40. The average molecular weight is 553 g/mol. The molecular formula is C31H37FN2O6. The van der Waals surface area contributed by atoms with Crippen molar-refractivity contribution in [1.29, 1.82) is 0 Å². The minimum absolute atomic E-state index is 0.143. The third kappa shape index (κ3) is 9.80. The van der Waals surface area contributed by atoms with Crippen molar-refractivity contribution in [3.8, 4) is 11.5 Å². The molecule has 214 valence electrons. The first kappa shape index (κ1) is 30.3. The van der Waals surface area contributed by atoms with Crippen LogP contribution in [0.3, 0.4) is 0 Å². The minimum Gasteiger partial charge on any atom is -0.493 e. The third-order valence-corrected chi connectivity index (χ3v) is 5.76. The van der Waals surface area contributed by atoms with E-state index in [4.69, 9.17) is 18.9 Å². The molecule has 0 aromatic heterocycles. The fourth-order valence-electron chi connectivity index (χ4n) is 3.75. The number of halogens is 1. The maximum absolute atomic E-state index is 13.3. The van der Waals surface area contributed by atoms with Crippen LogP contribution < -0.4 is 14.8 Å². The number of hydrogen-bond acceptors (Lipinski definition) is 6. The number of ether oxygens (including phenoxy) is 4. The SMILES string of the molecule is COc1cc(CN(CCNC(=O)OC(C)(C)C)C(=O)OC(C)c2ccc(F)cc2)ccc1OCc1ccccc1. The van der Waals surface area contributed by atoms with Crippen molar-refractivity contribution >= 4 is 12.2 Å². The Kier molecular flexibility index (Phi) is 10.8. The number of amides is 2. The predicted octanol–water partition coefficient (Wildman–Crippen LogP) is 6.64. The number of hydrogen-bond donors (Lipinski definition) is 1. The molecule has 0 heterocycles. The van der Waals surface area contributed by atoms with Gasteiger partial charge in [-0.15, -0.1) is 0 Å². The fraction of sp³-hybridized carbons (Fsp3) is 0.355. The molecule has 3 aromatic carbocycles. The summed E-state index contributed by atoms with van der Waals surface area (Å²) in [6, 6.07) is 21.0. The Hall–Kier alpha value is -4.27. The van der Waals surface area contributed by atoms with Gasteiger partial charge in [0.05, 0.1) is 7.11 Å². The molecule has 0 fully saturated rings. The molecule has 0 aliphatic heterocycles. The second kappa shape index (κ2) is 14.2. The first-order chi connectivity index (χ1) is 19.0. The Morgan fingerprint density at radius 3 is 2.30 bits per heavy atom. The minimum atomic E-state index is -0.645. The van der Waals surface area contributed by atoms with Gasteiger partial charge in [0.2, 0.25) is 0 Å². The number of nitrogens with one attached hydrogen (secondary N) is 1. The van der Waals surface area contributed by atoms with Crippen molar-refractivity contribution in [1.82, 2.24) is 10.2 Å². The average Bonchev–Trinajstić information content (AvgIpc) is 2.91. The molecule has 40 heavy (non-hydrogen) atoms. The Morgan fingerprint density at radius 1 is 0.950 bits per heavy atom. The van der Waals surface area contributed by atoms with Crippen molar-refractivity contribution < 1.29 is 32.9 Å². The molecule has 2 amide bonds. The highest BCUT2D eigenvalue weighted by atomic mass is 19.1. The van der Waals surface area contributed by atoms with Crippen molar-refractivity contribution in [2.24, 2.45) is 0 Å². The second-order valence-electron chi connectivity index (χ2n) is 10.2. The summed E-state index contributed by atoms with van der Waals surface area (Å²) in [5, 5.41) is 2.67. The van der Waals surface area contributed by atoms with E-state index >= 15 is 0 Å². The van der Waals surface area contributed by atoms with E-state index in [-0.39, 0.29) is 25.5 Å². The lowest BCUT2D eigenvalue weighted by Gasteiger charge is -2.26. The van der Waals surface area contributed by atoms with Gasteiger partial charge < -0.3 is 29.2 Å². The van der Waals surface area contributed by atoms with Gasteiger partial charge in [0, 0.05) is 19.6 Å². The summed E-state index contributed by atoms with van der Waals surface area (Å²) in [5.41, 5.74) is 1.81. The van der Waals surface area contributed by atoms with E-state index in [1.54, 1.807) is 59.1 Å². The molecule has 0 aliphatic rings. The molecule has 1 N–H and O–H groups in total. The van der Waals surface area contributed by atoms with Crippen molar-refractivity contribution in [2.45, 2.75) is 52.6 Å². The summed E-state index contributed by atoms with van der Waals surface area (Å²) in [7, 11) is 1.55. The van der Waals surface area contributed by atoms with Crippen molar-refractivity contribution in [2.75, 3.05) is 20.2 Å². The third-order valence-electron chi connectivity index (χ3n) is 5.76. The zero-order chi connectivity index (χ0) is 29.1. The van der Waals surface area contributed by atoms with Crippen LogP contribution in [0.4, 0.5) is 14.0 Å². The molecule has 1 unspecified atom stereocenters. The highest BCUT2D eigenvalue weighted by Crippen LogP contribution is 2.30. The predicted molar refractivity (Wildman–Crippen MR) is 150 cm³/mol. The zero-order valence-corrected chi connectivity index (χ0v) is 23.6. The van der Waals surface area contributed by atoms with Gasteiger partial charge in [0.15, 0.2) is 11.5 Å². The van der Waals surface area contributed by atoms with E-state index in [1.165, 1.54) is 17.0 Å². The van der Waals surface area contributed by atoms with E-state index in [9.17, 15) is 14.0 Å². The Bertz CT molecular complexity index is 1240. The second-order valence-corrected chi connectivity index (χ2v) is 10.2. The molecule has 0 bridgehead atoms. The molecule has 0 saturated heterocycles. The van der Waals surface area contributed by atoms with Gasteiger partial charge in [-0.3, -0.25) is 0 Å². The van der Waals surface area contributed by atoms with E-state index in [0.717, 1.165) is 11.1 Å². The van der Waals surface area contributed by atoms with Crippen molar-refractivity contribution in [3.63, 3.8) is 0 Å². The maximum Gasteiger partial charge on any atom is 0.410 e. The number of nitrogens with zero attached hydrogens (tertiary/aromatic N) is 1. The Morgan fingerprint density at radius 2 is 1.65 bits per heavy atom. The lowest BCUT2D eigenvalue weighted by molar-refractivity contribution is 0.0498. The summed E-state index contributed by atoms with van der Waals surface area (Å²) in [6.07, 6.45) is -1.79. The van der Waals surface area contributed by atoms with Crippen LogP contribution in [0.5, 0.6) is 11.5 Å². The molecule has 9 heteroatoms. The van der Waals surface area contributed by atoms with Gasteiger partial charge in [-0.1, -0.05) is 48.5 Å². The molecule has 8 nitrogen and oxygen atoms in total. The summed E-state index contributed by atoms with van der Waals surface area (Å²) in [6.45, 7) is 7.89. The van der Waals surface area contributed by atoms with Gasteiger partial charge in [-0.2, -0.15) is 0 Å². The van der Waals surface area contributed by atoms with E-state index in [2.05, 4.69) is 5.32 Å². The zero-order valence-electron chi connectivity index (χ0n) is 23.6. The highest BCUT2D eigenvalue weighted by Gasteiger charge is 2.21. The first-order valence-corrected chi connectivity index (χ1v) is 13.1. The number of benzene rings is 3. The molecule has 0 radical (unpaired) electrons. The molecule has 0 spiro atoms. The van der Waals surface area contributed by atoms with Crippen LogP contribution in [0.15, 0.2) is 72.8 Å². The van der Waals surface area contributed by atoms with Crippen LogP contribution in [0.1, 0.15) is 50.5 Å². The van der Waals surface area contributed by atoms with Gasteiger partial charge in [-0.25, -0.2) is 14.0 Å². The van der Waals surface area contributed by atoms with Crippen LogP contribution in [-0.2, 0) is 22.6 Å². The van der Waals surface area contributed by atoms with E-state index in [0.29, 0.717) is 23.7 Å². The van der Waals surface area contributed by atoms with Crippen LogP contribution in [0, 0.1) is 5.82 Å². The van der Waals surface area contributed by atoms with Gasteiger partial charge >= 0.3 is 12.2 Å². The van der Waals surface area contributed by atoms with Crippen LogP contribution in [0.25, 0.3) is 0 Å².